The lowest BCUT2D eigenvalue weighted by Gasteiger charge is -2.36. The van der Waals surface area contributed by atoms with Crippen LogP contribution in [0.3, 0.4) is 0 Å². The van der Waals surface area contributed by atoms with Gasteiger partial charge < -0.3 is 10.0 Å². The number of rotatable bonds is 4. The van der Waals surface area contributed by atoms with Gasteiger partial charge in [0.05, 0.1) is 6.61 Å². The summed E-state index contributed by atoms with van der Waals surface area (Å²) in [4.78, 5) is 6.23. The van der Waals surface area contributed by atoms with E-state index in [-0.39, 0.29) is 12.5 Å². The second-order valence-electron chi connectivity index (χ2n) is 8.11. The lowest BCUT2D eigenvalue weighted by Crippen LogP contribution is -2.47. The third-order valence-electron chi connectivity index (χ3n) is 6.34. The molecule has 3 aromatic carbocycles. The van der Waals surface area contributed by atoms with E-state index in [2.05, 4.69) is 82.6 Å². The number of benzene rings is 3. The van der Waals surface area contributed by atoms with Crippen LogP contribution >= 0.6 is 11.8 Å². The number of aliphatic hydroxyl groups is 1. The fraction of sp³-hybridized carbons (Fsp3) is 0.308. The molecule has 1 unspecified atom stereocenters. The van der Waals surface area contributed by atoms with Crippen molar-refractivity contribution in [2.24, 2.45) is 0 Å². The van der Waals surface area contributed by atoms with Gasteiger partial charge in [-0.1, -0.05) is 60.7 Å². The highest BCUT2D eigenvalue weighted by molar-refractivity contribution is 7.98. The first-order chi connectivity index (χ1) is 14.8. The first-order valence-corrected chi connectivity index (χ1v) is 11.8. The molecule has 1 N–H and O–H groups in total. The molecule has 2 aliphatic rings. The van der Waals surface area contributed by atoms with Crippen LogP contribution in [0, 0.1) is 0 Å². The maximum atomic E-state index is 9.20. The van der Waals surface area contributed by atoms with Crippen molar-refractivity contribution in [1.82, 2.24) is 4.90 Å². The van der Waals surface area contributed by atoms with Crippen LogP contribution in [0.4, 0.5) is 5.69 Å². The van der Waals surface area contributed by atoms with E-state index in [1.165, 1.54) is 32.8 Å². The van der Waals surface area contributed by atoms with Gasteiger partial charge in [0.1, 0.15) is 0 Å². The highest BCUT2D eigenvalue weighted by Crippen LogP contribution is 2.45. The Labute approximate surface area is 183 Å². The van der Waals surface area contributed by atoms with Crippen LogP contribution in [0.15, 0.2) is 77.7 Å². The van der Waals surface area contributed by atoms with Crippen LogP contribution in [-0.2, 0) is 5.75 Å². The minimum absolute atomic E-state index is 0.247. The molecule has 2 heterocycles. The lowest BCUT2D eigenvalue weighted by molar-refractivity contribution is 0.189. The van der Waals surface area contributed by atoms with Crippen LogP contribution in [0.2, 0.25) is 0 Å². The predicted molar refractivity (Wildman–Crippen MR) is 126 cm³/mol. The quantitative estimate of drug-likeness (QED) is 0.673. The number of nitrogens with zero attached hydrogens (tertiary/aromatic N) is 2. The van der Waals surface area contributed by atoms with E-state index < -0.39 is 0 Å². The molecule has 4 heteroatoms. The third kappa shape index (κ3) is 3.87. The summed E-state index contributed by atoms with van der Waals surface area (Å²) in [6.07, 6.45) is 0. The van der Waals surface area contributed by atoms with Crippen LogP contribution in [-0.4, -0.2) is 49.3 Å². The van der Waals surface area contributed by atoms with Gasteiger partial charge in [-0.05, 0) is 34.4 Å². The van der Waals surface area contributed by atoms with Gasteiger partial charge in [-0.3, -0.25) is 4.90 Å². The van der Waals surface area contributed by atoms with Gasteiger partial charge in [0.25, 0.3) is 0 Å². The number of aliphatic hydroxyl groups excluding tert-OH is 1. The van der Waals surface area contributed by atoms with Crippen molar-refractivity contribution in [3.05, 3.63) is 95.1 Å². The lowest BCUT2D eigenvalue weighted by atomic mass is 9.83. The molecule has 0 bridgehead atoms. The zero-order valence-electron chi connectivity index (χ0n) is 17.2. The second-order valence-corrected chi connectivity index (χ2v) is 9.12. The number of hydrogen-bond donors (Lipinski definition) is 1. The molecule has 0 radical (unpaired) electrons. The van der Waals surface area contributed by atoms with Crippen molar-refractivity contribution in [2.75, 3.05) is 44.2 Å². The normalized spacial score (nSPS) is 19.1. The average Bonchev–Trinajstić information content (AvgIpc) is 2.97. The van der Waals surface area contributed by atoms with E-state index in [9.17, 15) is 5.11 Å². The van der Waals surface area contributed by atoms with E-state index in [0.717, 1.165) is 38.5 Å². The minimum atomic E-state index is 0.247. The Balaban J connectivity index is 1.50. The molecule has 5 rings (SSSR count). The summed E-state index contributed by atoms with van der Waals surface area (Å²) in [5.74, 6) is 1.29. The predicted octanol–water partition coefficient (Wildman–Crippen LogP) is 4.59. The highest BCUT2D eigenvalue weighted by Gasteiger charge is 2.26. The summed E-state index contributed by atoms with van der Waals surface area (Å²) in [6.45, 7) is 5.10. The smallest absolute Gasteiger partial charge is 0.0558 e. The maximum absolute atomic E-state index is 9.20. The number of anilines is 1. The summed E-state index contributed by atoms with van der Waals surface area (Å²) in [5.41, 5.74) is 6.97. The molecular formula is C26H28N2OS. The first kappa shape index (κ1) is 19.7. The molecule has 1 atom stereocenters. The zero-order chi connectivity index (χ0) is 20.3. The largest absolute Gasteiger partial charge is 0.395 e. The standard InChI is InChI=1S/C26H28N2OS/c29-17-16-27-12-14-28(15-13-27)22-10-11-24-25(18-22)30-19-21-8-4-5-9-23(21)26(24)20-6-2-1-3-7-20/h1-11,18,26,29H,12-17,19H2. The molecule has 2 aliphatic heterocycles. The van der Waals surface area contributed by atoms with Crippen LogP contribution in [0.25, 0.3) is 0 Å². The Morgan fingerprint density at radius 2 is 1.60 bits per heavy atom. The summed E-state index contributed by atoms with van der Waals surface area (Å²) in [5, 5.41) is 9.20. The Hall–Kier alpha value is -2.27. The molecule has 0 amide bonds. The molecule has 3 nitrogen and oxygen atoms in total. The van der Waals surface area contributed by atoms with E-state index in [1.807, 2.05) is 11.8 Å². The van der Waals surface area contributed by atoms with Crippen molar-refractivity contribution >= 4 is 17.4 Å². The van der Waals surface area contributed by atoms with Crippen molar-refractivity contribution < 1.29 is 5.11 Å². The Bertz CT molecular complexity index is 999. The van der Waals surface area contributed by atoms with Gasteiger partial charge in [-0.2, -0.15) is 0 Å². The average molecular weight is 417 g/mol. The number of piperazine rings is 1. The van der Waals surface area contributed by atoms with Gasteiger partial charge in [0, 0.05) is 55.0 Å². The van der Waals surface area contributed by atoms with Gasteiger partial charge in [0.2, 0.25) is 0 Å². The molecule has 3 aromatic rings. The molecular weight excluding hydrogens is 388 g/mol. The van der Waals surface area contributed by atoms with Crippen molar-refractivity contribution in [3.63, 3.8) is 0 Å². The summed E-state index contributed by atoms with van der Waals surface area (Å²) in [7, 11) is 0. The maximum Gasteiger partial charge on any atom is 0.0558 e. The number of thioether (sulfide) groups is 1. The van der Waals surface area contributed by atoms with Crippen LogP contribution in [0.1, 0.15) is 28.2 Å². The second kappa shape index (κ2) is 8.84. The molecule has 1 fully saturated rings. The topological polar surface area (TPSA) is 26.7 Å². The Kier molecular flexibility index (Phi) is 5.80. The molecule has 0 aromatic heterocycles. The fourth-order valence-corrected chi connectivity index (χ4v) is 5.86. The highest BCUT2D eigenvalue weighted by atomic mass is 32.2. The van der Waals surface area contributed by atoms with E-state index in [4.69, 9.17) is 0 Å². The molecule has 154 valence electrons. The minimum Gasteiger partial charge on any atom is -0.395 e. The van der Waals surface area contributed by atoms with Gasteiger partial charge in [-0.15, -0.1) is 11.8 Å². The van der Waals surface area contributed by atoms with Crippen molar-refractivity contribution in [2.45, 2.75) is 16.6 Å². The Morgan fingerprint density at radius 1 is 0.833 bits per heavy atom. The van der Waals surface area contributed by atoms with Gasteiger partial charge in [0.15, 0.2) is 0 Å². The van der Waals surface area contributed by atoms with E-state index >= 15 is 0 Å². The monoisotopic (exact) mass is 416 g/mol. The SMILES string of the molecule is OCCN1CCN(c2ccc3c(c2)SCc2ccccc2C3c2ccccc2)CC1. The third-order valence-corrected chi connectivity index (χ3v) is 7.46. The summed E-state index contributed by atoms with van der Waals surface area (Å²) >= 11 is 1.97. The van der Waals surface area contributed by atoms with Crippen molar-refractivity contribution in [1.29, 1.82) is 0 Å². The molecule has 0 aliphatic carbocycles. The first-order valence-electron chi connectivity index (χ1n) is 10.8. The van der Waals surface area contributed by atoms with Crippen LogP contribution in [0.5, 0.6) is 0 Å². The zero-order valence-corrected chi connectivity index (χ0v) is 18.0. The van der Waals surface area contributed by atoms with Gasteiger partial charge in [-0.25, -0.2) is 0 Å². The van der Waals surface area contributed by atoms with E-state index in [1.54, 1.807) is 0 Å². The molecule has 30 heavy (non-hydrogen) atoms. The Morgan fingerprint density at radius 3 is 2.40 bits per heavy atom. The molecule has 0 saturated carbocycles. The van der Waals surface area contributed by atoms with E-state index in [0.29, 0.717) is 0 Å². The van der Waals surface area contributed by atoms with Crippen molar-refractivity contribution in [3.8, 4) is 0 Å². The van der Waals surface area contributed by atoms with Crippen LogP contribution < -0.4 is 4.90 Å². The summed E-state index contributed by atoms with van der Waals surface area (Å²) < 4.78 is 0. The van der Waals surface area contributed by atoms with Gasteiger partial charge >= 0.3 is 0 Å². The summed E-state index contributed by atoms with van der Waals surface area (Å²) in [6, 6.07) is 26.9. The fourth-order valence-electron chi connectivity index (χ4n) is 4.73. The molecule has 0 spiro atoms. The molecule has 1 saturated heterocycles. The number of fused-ring (bicyclic) bond motifs is 2. The number of β-amino-alcohol motifs (C(OH)–C–C–N with tert-alkyl or cyclic N) is 1. The number of hydrogen-bond acceptors (Lipinski definition) is 4.